The Bertz CT molecular complexity index is 1330. The number of phosphoric acid groups is 3. The molecule has 0 aromatic heterocycles. The normalized spacial score (nSPS) is 13.7. The van der Waals surface area contributed by atoms with Gasteiger partial charge >= 0.3 is 23.5 Å². The van der Waals surface area contributed by atoms with E-state index < -0.39 is 23.5 Å². The molecule has 5 N–H and O–H groups in total. The Morgan fingerprint density at radius 1 is 0.315 bits per heavy atom. The summed E-state index contributed by atoms with van der Waals surface area (Å²) in [5.41, 5.74) is 0. The molecule has 0 spiro atoms. The van der Waals surface area contributed by atoms with E-state index in [1.54, 1.807) is 0 Å². The average molecular weight is 1120 g/mol. The number of hydrogen-bond donors (Lipinski definition) is 5. The molecule has 24 nitrogen and oxygen atoms in total. The van der Waals surface area contributed by atoms with E-state index in [0.717, 1.165) is 32.1 Å². The molecule has 438 valence electrons. The zero-order valence-corrected chi connectivity index (χ0v) is 46.7. The van der Waals surface area contributed by atoms with Crippen molar-refractivity contribution < 1.29 is 108 Å². The first-order chi connectivity index (χ1) is 35.4. The van der Waals surface area contributed by atoms with Crippen LogP contribution in [0.5, 0.6) is 0 Å². The molecule has 0 rings (SSSR count). The minimum Gasteiger partial charge on any atom is -0.377 e. The predicted octanol–water partition coefficient (Wildman–Crippen LogP) is 6.69. The van der Waals surface area contributed by atoms with Gasteiger partial charge in [0.25, 0.3) is 0 Å². The SMILES string of the molecule is CCCCCCCCCCCCCCCC(=O)NCCCCCCOP(=O)(O)OCCOCCOCCOCCOCCOCCOP(=O)(O)OCCOCCOCCOCCOCCOCCOP(=O)(O)O. The van der Waals surface area contributed by atoms with Gasteiger partial charge in [-0.15, -0.1) is 0 Å². The quantitative estimate of drug-likeness (QED) is 0.0313. The second kappa shape index (κ2) is 54.7. The van der Waals surface area contributed by atoms with Crippen molar-refractivity contribution in [2.24, 2.45) is 0 Å². The van der Waals surface area contributed by atoms with Crippen LogP contribution in [0.3, 0.4) is 0 Å². The third-order valence-corrected chi connectivity index (χ3v) is 12.6. The highest BCUT2D eigenvalue weighted by Gasteiger charge is 2.21. The number of ether oxygens (including phenoxy) is 10. The van der Waals surface area contributed by atoms with Crippen molar-refractivity contribution in [1.82, 2.24) is 5.32 Å². The van der Waals surface area contributed by atoms with Gasteiger partial charge in [0.05, 0.1) is 165 Å². The van der Waals surface area contributed by atoms with E-state index in [1.807, 2.05) is 0 Å². The Balaban J connectivity index is 3.38. The summed E-state index contributed by atoms with van der Waals surface area (Å²) < 4.78 is 112. The van der Waals surface area contributed by atoms with Gasteiger partial charge in [-0.25, -0.2) is 13.7 Å². The zero-order chi connectivity index (χ0) is 53.5. The van der Waals surface area contributed by atoms with E-state index in [-0.39, 0.29) is 91.8 Å². The van der Waals surface area contributed by atoms with Gasteiger partial charge in [-0.1, -0.05) is 96.8 Å². The number of rotatable bonds is 62. The maximum absolute atomic E-state index is 12.1. The molecule has 0 aliphatic heterocycles. The molecule has 0 heterocycles. The highest BCUT2D eigenvalue weighted by Crippen LogP contribution is 2.43. The van der Waals surface area contributed by atoms with Gasteiger partial charge in [-0.2, -0.15) is 0 Å². The van der Waals surface area contributed by atoms with Crippen LogP contribution in [0.25, 0.3) is 0 Å². The van der Waals surface area contributed by atoms with E-state index >= 15 is 0 Å². The minimum atomic E-state index is -4.48. The van der Waals surface area contributed by atoms with Crippen LogP contribution in [0.4, 0.5) is 0 Å². The number of hydrogen-bond acceptors (Lipinski definition) is 19. The van der Waals surface area contributed by atoms with Crippen molar-refractivity contribution in [2.75, 3.05) is 172 Å². The van der Waals surface area contributed by atoms with Crippen LogP contribution in [0, 0.1) is 0 Å². The minimum absolute atomic E-state index is 0.0396. The van der Waals surface area contributed by atoms with E-state index in [0.29, 0.717) is 98.7 Å². The van der Waals surface area contributed by atoms with Crippen molar-refractivity contribution in [3.05, 3.63) is 0 Å². The van der Waals surface area contributed by atoms with Crippen molar-refractivity contribution in [1.29, 1.82) is 0 Å². The average Bonchev–Trinajstić information content (AvgIpc) is 3.34. The fraction of sp³-hybridized carbons (Fsp3) is 0.978. The Morgan fingerprint density at radius 3 is 0.877 bits per heavy atom. The predicted molar refractivity (Wildman–Crippen MR) is 271 cm³/mol. The van der Waals surface area contributed by atoms with Gasteiger partial charge < -0.3 is 72.3 Å². The summed E-state index contributed by atoms with van der Waals surface area (Å²) >= 11 is 0. The molecule has 0 aromatic rings. The largest absolute Gasteiger partial charge is 0.472 e. The maximum atomic E-state index is 12.1. The van der Waals surface area contributed by atoms with E-state index in [4.69, 9.17) is 75.3 Å². The highest BCUT2D eigenvalue weighted by atomic mass is 31.2. The summed E-state index contributed by atoms with van der Waals surface area (Å²) in [5.74, 6) is 0.114. The van der Waals surface area contributed by atoms with Crippen LogP contribution in [0.2, 0.25) is 0 Å². The lowest BCUT2D eigenvalue weighted by molar-refractivity contribution is -0.121. The molecular formula is C46H96NO23P3. The standard InChI is InChI=1S/C46H96NO23P3/c1-2-3-4-5-6-7-8-9-10-11-12-13-16-19-46(48)47-20-17-14-15-18-21-67-72(52,53)68-43-39-63-35-31-59-27-24-57-25-29-61-33-37-65-41-45-70-73(54,55)69-44-40-64-36-32-60-28-23-56-22-26-58-30-34-62-38-42-66-71(49,50)51/h2-45H2,1H3,(H,47,48)(H,52,53)(H,54,55)(H2,49,50,51). The smallest absolute Gasteiger partial charge is 0.377 e. The molecule has 0 saturated carbocycles. The number of carbonyl (C=O) groups excluding carboxylic acids is 1. The van der Waals surface area contributed by atoms with Crippen molar-refractivity contribution in [2.45, 2.75) is 122 Å². The molecule has 0 aliphatic carbocycles. The second-order valence-electron chi connectivity index (χ2n) is 16.5. The van der Waals surface area contributed by atoms with Crippen LogP contribution in [0.1, 0.15) is 122 Å². The first kappa shape index (κ1) is 72.4. The molecule has 2 atom stereocenters. The molecule has 2 unspecified atom stereocenters. The molecule has 1 amide bonds. The number of carbonyl (C=O) groups is 1. The van der Waals surface area contributed by atoms with Gasteiger partial charge in [0.1, 0.15) is 0 Å². The lowest BCUT2D eigenvalue weighted by Crippen LogP contribution is -2.23. The van der Waals surface area contributed by atoms with Gasteiger partial charge in [0.2, 0.25) is 5.91 Å². The van der Waals surface area contributed by atoms with Crippen LogP contribution >= 0.6 is 23.5 Å². The third kappa shape index (κ3) is 62.1. The van der Waals surface area contributed by atoms with Gasteiger partial charge in [0, 0.05) is 13.0 Å². The molecule has 0 aliphatic rings. The Labute approximate surface area is 435 Å². The third-order valence-electron chi connectivity index (χ3n) is 10.1. The lowest BCUT2D eigenvalue weighted by atomic mass is 10.0. The lowest BCUT2D eigenvalue weighted by Gasteiger charge is -2.13. The summed E-state index contributed by atoms with van der Waals surface area (Å²) in [7, 11) is -12.9. The van der Waals surface area contributed by atoms with Crippen molar-refractivity contribution in [3.63, 3.8) is 0 Å². The van der Waals surface area contributed by atoms with Gasteiger partial charge in [-0.05, 0) is 19.3 Å². The second-order valence-corrected chi connectivity index (χ2v) is 20.6. The molecule has 0 saturated heterocycles. The number of nitrogens with one attached hydrogen (secondary N) is 1. The van der Waals surface area contributed by atoms with Crippen LogP contribution < -0.4 is 5.32 Å². The first-order valence-electron chi connectivity index (χ1n) is 26.3. The molecule has 73 heavy (non-hydrogen) atoms. The van der Waals surface area contributed by atoms with Crippen molar-refractivity contribution in [3.8, 4) is 0 Å². The summed E-state index contributed by atoms with van der Waals surface area (Å²) in [6.45, 7) is 7.64. The summed E-state index contributed by atoms with van der Waals surface area (Å²) in [6.07, 6.45) is 20.5. The zero-order valence-electron chi connectivity index (χ0n) is 44.0. The van der Waals surface area contributed by atoms with Gasteiger partial charge in [0.15, 0.2) is 0 Å². The summed E-state index contributed by atoms with van der Waals surface area (Å²) in [6, 6.07) is 0. The Kier molecular flexibility index (Phi) is 54.3. The van der Waals surface area contributed by atoms with Crippen LogP contribution in [-0.2, 0) is 88.5 Å². The van der Waals surface area contributed by atoms with E-state index in [2.05, 4.69) is 16.8 Å². The number of phosphoric ester groups is 3. The number of unbranched alkanes of at least 4 members (excludes halogenated alkanes) is 15. The van der Waals surface area contributed by atoms with Crippen LogP contribution in [0.15, 0.2) is 0 Å². The Morgan fingerprint density at radius 2 is 0.562 bits per heavy atom. The summed E-state index contributed by atoms with van der Waals surface area (Å²) in [4.78, 5) is 48.8. The summed E-state index contributed by atoms with van der Waals surface area (Å²) in [5, 5.41) is 2.99. The first-order valence-corrected chi connectivity index (χ1v) is 30.9. The number of amides is 1. The molecule has 0 aromatic carbocycles. The van der Waals surface area contributed by atoms with Gasteiger partial charge in [-0.3, -0.25) is 27.4 Å². The molecule has 0 fully saturated rings. The fourth-order valence-corrected chi connectivity index (χ4v) is 8.00. The molecule has 27 heteroatoms. The highest BCUT2D eigenvalue weighted by molar-refractivity contribution is 7.47. The topological polar surface area (TPSA) is 300 Å². The van der Waals surface area contributed by atoms with Crippen molar-refractivity contribution >= 4 is 29.4 Å². The molecule has 0 bridgehead atoms. The molecular weight excluding hydrogens is 1030 g/mol. The maximum Gasteiger partial charge on any atom is 0.472 e. The van der Waals surface area contributed by atoms with E-state index in [1.165, 1.54) is 70.6 Å². The van der Waals surface area contributed by atoms with Crippen LogP contribution in [-0.4, -0.2) is 197 Å². The molecule has 0 radical (unpaired) electrons. The monoisotopic (exact) mass is 1120 g/mol. The van der Waals surface area contributed by atoms with E-state index in [9.17, 15) is 28.3 Å². The Hall–Kier alpha value is -0.600. The fourth-order valence-electron chi connectivity index (χ4n) is 6.27.